The summed E-state index contributed by atoms with van der Waals surface area (Å²) in [6.07, 6.45) is 3.33. The van der Waals surface area contributed by atoms with Crippen molar-refractivity contribution in [2.45, 2.75) is 13.1 Å². The van der Waals surface area contributed by atoms with Crippen molar-refractivity contribution in [1.29, 1.82) is 0 Å². The standard InChI is InChI=1S/C25H18ClN3O4/c26-18-7-3-16(4-8-18)14-29-23-20(11-22-19(9-10-33-22)21(23)13-28-29)24(30)27-12-15-1-5-17(6-2-15)25(31)32/h1-11,13H,12,14H2,(H,27,30)(H,31,32). The third-order valence-electron chi connectivity index (χ3n) is 5.50. The number of hydrogen-bond acceptors (Lipinski definition) is 4. The van der Waals surface area contributed by atoms with Crippen molar-refractivity contribution >= 4 is 45.3 Å². The minimum atomic E-state index is -0.992. The molecule has 0 radical (unpaired) electrons. The van der Waals surface area contributed by atoms with Crippen LogP contribution in [0.3, 0.4) is 0 Å². The van der Waals surface area contributed by atoms with Crippen molar-refractivity contribution in [2.24, 2.45) is 0 Å². The van der Waals surface area contributed by atoms with Crippen molar-refractivity contribution in [3.8, 4) is 0 Å². The summed E-state index contributed by atoms with van der Waals surface area (Å²) in [6, 6.07) is 17.5. The molecular weight excluding hydrogens is 442 g/mol. The van der Waals surface area contributed by atoms with Gasteiger partial charge in [-0.05, 0) is 47.5 Å². The summed E-state index contributed by atoms with van der Waals surface area (Å²) < 4.78 is 7.36. The summed E-state index contributed by atoms with van der Waals surface area (Å²) in [5.74, 6) is -1.27. The van der Waals surface area contributed by atoms with E-state index in [-0.39, 0.29) is 18.0 Å². The molecule has 0 fully saturated rings. The number of carbonyl (C=O) groups is 2. The van der Waals surface area contributed by atoms with Crippen LogP contribution in [0.4, 0.5) is 0 Å². The Morgan fingerprint density at radius 1 is 1.00 bits per heavy atom. The Labute approximate surface area is 193 Å². The molecule has 3 aromatic carbocycles. The second kappa shape index (κ2) is 8.44. The molecule has 0 atom stereocenters. The average molecular weight is 460 g/mol. The van der Waals surface area contributed by atoms with E-state index in [1.807, 2.05) is 30.3 Å². The maximum absolute atomic E-state index is 13.2. The van der Waals surface area contributed by atoms with Crippen LogP contribution in [-0.4, -0.2) is 26.8 Å². The van der Waals surface area contributed by atoms with E-state index < -0.39 is 5.97 Å². The first-order chi connectivity index (χ1) is 16.0. The number of carbonyl (C=O) groups excluding carboxylic acids is 1. The molecule has 0 aliphatic rings. The van der Waals surface area contributed by atoms with E-state index in [9.17, 15) is 9.59 Å². The van der Waals surface area contributed by atoms with E-state index in [0.717, 1.165) is 21.9 Å². The molecule has 5 rings (SSSR count). The number of carboxylic acids is 1. The van der Waals surface area contributed by atoms with Crippen molar-refractivity contribution in [2.75, 3.05) is 0 Å². The molecule has 0 unspecified atom stereocenters. The molecule has 2 aromatic heterocycles. The van der Waals surface area contributed by atoms with Crippen LogP contribution in [0.25, 0.3) is 21.9 Å². The van der Waals surface area contributed by atoms with Gasteiger partial charge in [-0.3, -0.25) is 9.48 Å². The first-order valence-electron chi connectivity index (χ1n) is 10.2. The molecule has 0 saturated carbocycles. The minimum absolute atomic E-state index is 0.196. The highest BCUT2D eigenvalue weighted by atomic mass is 35.5. The summed E-state index contributed by atoms with van der Waals surface area (Å²) in [6.45, 7) is 0.725. The number of fused-ring (bicyclic) bond motifs is 3. The number of rotatable bonds is 6. The van der Waals surface area contributed by atoms with Crippen LogP contribution in [0, 0.1) is 0 Å². The predicted octanol–water partition coefficient (Wildman–Crippen LogP) is 5.11. The zero-order valence-electron chi connectivity index (χ0n) is 17.3. The Morgan fingerprint density at radius 2 is 1.73 bits per heavy atom. The van der Waals surface area contributed by atoms with Gasteiger partial charge in [-0.25, -0.2) is 4.79 Å². The molecule has 8 heteroatoms. The molecule has 2 heterocycles. The van der Waals surface area contributed by atoms with Crippen LogP contribution in [0.15, 0.2) is 77.5 Å². The van der Waals surface area contributed by atoms with Crippen LogP contribution >= 0.6 is 11.6 Å². The van der Waals surface area contributed by atoms with Gasteiger partial charge >= 0.3 is 5.97 Å². The minimum Gasteiger partial charge on any atom is -0.478 e. The zero-order chi connectivity index (χ0) is 22.9. The fourth-order valence-corrected chi connectivity index (χ4v) is 3.95. The molecule has 2 N–H and O–H groups in total. The molecule has 1 amide bonds. The lowest BCUT2D eigenvalue weighted by molar-refractivity contribution is 0.0696. The van der Waals surface area contributed by atoms with Gasteiger partial charge in [-0.2, -0.15) is 5.10 Å². The van der Waals surface area contributed by atoms with Gasteiger partial charge in [0.25, 0.3) is 5.91 Å². The van der Waals surface area contributed by atoms with E-state index in [0.29, 0.717) is 28.2 Å². The van der Waals surface area contributed by atoms with Gasteiger partial charge in [-0.1, -0.05) is 35.9 Å². The van der Waals surface area contributed by atoms with E-state index in [4.69, 9.17) is 21.1 Å². The van der Waals surface area contributed by atoms with Crippen molar-refractivity contribution in [1.82, 2.24) is 15.1 Å². The Balaban J connectivity index is 1.48. The number of amides is 1. The molecule has 0 aliphatic heterocycles. The number of aromatic nitrogens is 2. The van der Waals surface area contributed by atoms with Gasteiger partial charge in [0.1, 0.15) is 5.58 Å². The van der Waals surface area contributed by atoms with Crippen molar-refractivity contribution in [3.05, 3.63) is 100 Å². The first-order valence-corrected chi connectivity index (χ1v) is 10.6. The Kier molecular flexibility index (Phi) is 5.32. The summed E-state index contributed by atoms with van der Waals surface area (Å²) in [5, 5.41) is 18.9. The van der Waals surface area contributed by atoms with Gasteiger partial charge in [0.2, 0.25) is 0 Å². The van der Waals surface area contributed by atoms with Gasteiger partial charge in [0, 0.05) is 22.3 Å². The molecule has 7 nitrogen and oxygen atoms in total. The van der Waals surface area contributed by atoms with Gasteiger partial charge in [0.05, 0.1) is 35.6 Å². The van der Waals surface area contributed by atoms with E-state index in [2.05, 4.69) is 10.4 Å². The number of benzene rings is 3. The summed E-state index contributed by atoms with van der Waals surface area (Å²) >= 11 is 6.00. The highest BCUT2D eigenvalue weighted by Crippen LogP contribution is 2.30. The topological polar surface area (TPSA) is 97.4 Å². The Morgan fingerprint density at radius 3 is 2.45 bits per heavy atom. The fourth-order valence-electron chi connectivity index (χ4n) is 3.82. The Bertz CT molecular complexity index is 1480. The van der Waals surface area contributed by atoms with Gasteiger partial charge < -0.3 is 14.8 Å². The lowest BCUT2D eigenvalue weighted by Crippen LogP contribution is -2.23. The molecule has 0 bridgehead atoms. The molecule has 0 spiro atoms. The van der Waals surface area contributed by atoms with Crippen molar-refractivity contribution < 1.29 is 19.1 Å². The fraction of sp³-hybridized carbons (Fsp3) is 0.0800. The smallest absolute Gasteiger partial charge is 0.335 e. The number of aromatic carboxylic acids is 1. The van der Waals surface area contributed by atoms with Crippen LogP contribution < -0.4 is 5.32 Å². The van der Waals surface area contributed by atoms with Crippen LogP contribution in [0.5, 0.6) is 0 Å². The third kappa shape index (κ3) is 4.06. The monoisotopic (exact) mass is 459 g/mol. The summed E-state index contributed by atoms with van der Waals surface area (Å²) in [5.41, 5.74) is 3.74. The molecule has 0 saturated heterocycles. The number of carboxylic acid groups (broad SMARTS) is 1. The zero-order valence-corrected chi connectivity index (χ0v) is 18.0. The molecule has 164 valence electrons. The highest BCUT2D eigenvalue weighted by Gasteiger charge is 2.19. The van der Waals surface area contributed by atoms with E-state index in [1.54, 1.807) is 35.3 Å². The summed E-state index contributed by atoms with van der Waals surface area (Å²) in [4.78, 5) is 24.2. The molecule has 5 aromatic rings. The maximum Gasteiger partial charge on any atom is 0.335 e. The average Bonchev–Trinajstić information content (AvgIpc) is 3.45. The lowest BCUT2D eigenvalue weighted by atomic mass is 10.1. The Hall–Kier alpha value is -4.10. The largest absolute Gasteiger partial charge is 0.478 e. The van der Waals surface area contributed by atoms with Gasteiger partial charge in [0.15, 0.2) is 0 Å². The van der Waals surface area contributed by atoms with E-state index >= 15 is 0 Å². The van der Waals surface area contributed by atoms with Crippen molar-refractivity contribution in [3.63, 3.8) is 0 Å². The number of hydrogen-bond donors (Lipinski definition) is 2. The van der Waals surface area contributed by atoms with Gasteiger partial charge in [-0.15, -0.1) is 0 Å². The molecular formula is C25H18ClN3O4. The second-order valence-corrected chi connectivity index (χ2v) is 8.07. The first kappa shape index (κ1) is 20.8. The van der Waals surface area contributed by atoms with Crippen LogP contribution in [0.1, 0.15) is 31.8 Å². The second-order valence-electron chi connectivity index (χ2n) is 7.63. The van der Waals surface area contributed by atoms with Crippen LogP contribution in [-0.2, 0) is 13.1 Å². The predicted molar refractivity (Wildman–Crippen MR) is 125 cm³/mol. The maximum atomic E-state index is 13.2. The molecule has 0 aliphatic carbocycles. The van der Waals surface area contributed by atoms with Crippen LogP contribution in [0.2, 0.25) is 5.02 Å². The number of nitrogens with zero attached hydrogens (tertiary/aromatic N) is 2. The number of furan rings is 1. The number of nitrogens with one attached hydrogen (secondary N) is 1. The highest BCUT2D eigenvalue weighted by molar-refractivity contribution is 6.30. The van der Waals surface area contributed by atoms with E-state index in [1.165, 1.54) is 12.1 Å². The quantitative estimate of drug-likeness (QED) is 0.367. The number of halogens is 1. The normalized spacial score (nSPS) is 11.2. The lowest BCUT2D eigenvalue weighted by Gasteiger charge is -2.10. The SMILES string of the molecule is O=C(O)c1ccc(CNC(=O)c2cc3occc3c3cnn(Cc4ccc(Cl)cc4)c23)cc1. The third-order valence-corrected chi connectivity index (χ3v) is 5.75. The molecule has 33 heavy (non-hydrogen) atoms. The summed E-state index contributed by atoms with van der Waals surface area (Å²) in [7, 11) is 0.